The molecule has 0 bridgehead atoms. The number of anilines is 1. The summed E-state index contributed by atoms with van der Waals surface area (Å²) in [4.78, 5) is 33.8. The van der Waals surface area contributed by atoms with Crippen LogP contribution in [-0.2, 0) is 10.4 Å². The maximum atomic E-state index is 13.2. The number of aromatic nitrogens is 1. The quantitative estimate of drug-likeness (QED) is 0.824. The third kappa shape index (κ3) is 3.26. The highest BCUT2D eigenvalue weighted by atomic mass is 16.3. The van der Waals surface area contributed by atoms with Gasteiger partial charge in [0, 0.05) is 11.8 Å². The van der Waals surface area contributed by atoms with Crippen LogP contribution in [0.2, 0.25) is 0 Å². The number of nitrogens with zero attached hydrogens (tertiary/aromatic N) is 3. The predicted molar refractivity (Wildman–Crippen MR) is 101 cm³/mol. The van der Waals surface area contributed by atoms with Gasteiger partial charge in [-0.05, 0) is 44.1 Å². The average Bonchev–Trinajstić information content (AvgIpc) is 2.92. The molecule has 1 N–H and O–H groups in total. The Bertz CT molecular complexity index is 849. The molecule has 0 saturated carbocycles. The highest BCUT2D eigenvalue weighted by molar-refractivity contribution is 6.10. The van der Waals surface area contributed by atoms with E-state index in [9.17, 15) is 14.7 Å². The number of amides is 1. The van der Waals surface area contributed by atoms with Crippen molar-refractivity contribution in [1.82, 2.24) is 9.88 Å². The molecular weight excluding hydrogens is 342 g/mol. The summed E-state index contributed by atoms with van der Waals surface area (Å²) in [5.74, 6) is -0.778. The Morgan fingerprint density at radius 2 is 1.81 bits per heavy atom. The number of Topliss-reactive ketones (excluding diaryl/α,β-unsaturated/α-hetero) is 1. The number of ketones is 1. The summed E-state index contributed by atoms with van der Waals surface area (Å²) in [6.07, 6.45) is 4.67. The van der Waals surface area contributed by atoms with Crippen LogP contribution in [0.3, 0.4) is 0 Å². The van der Waals surface area contributed by atoms with Crippen molar-refractivity contribution in [2.45, 2.75) is 31.3 Å². The zero-order valence-electron chi connectivity index (χ0n) is 15.2. The first-order valence-electron chi connectivity index (χ1n) is 9.40. The first-order chi connectivity index (χ1) is 13.1. The number of likely N-dealkylation sites (tertiary alicyclic amines) is 1. The Kier molecular flexibility index (Phi) is 4.76. The van der Waals surface area contributed by atoms with Gasteiger partial charge in [0.05, 0.1) is 18.8 Å². The van der Waals surface area contributed by atoms with Gasteiger partial charge < -0.3 is 5.11 Å². The van der Waals surface area contributed by atoms with E-state index in [1.807, 2.05) is 12.1 Å². The Hall–Kier alpha value is -2.57. The number of para-hydroxylation sites is 1. The number of carbonyl (C=O) groups excluding carboxylic acids is 2. The summed E-state index contributed by atoms with van der Waals surface area (Å²) in [6, 6.07) is 12.2. The normalized spacial score (nSPS) is 22.7. The number of pyridine rings is 1. The van der Waals surface area contributed by atoms with Gasteiger partial charge in [0.25, 0.3) is 5.91 Å². The highest BCUT2D eigenvalue weighted by Crippen LogP contribution is 2.42. The number of fused-ring (bicyclic) bond motifs is 1. The van der Waals surface area contributed by atoms with E-state index in [0.29, 0.717) is 17.9 Å². The minimum Gasteiger partial charge on any atom is -0.375 e. The summed E-state index contributed by atoms with van der Waals surface area (Å²) >= 11 is 0. The molecule has 140 valence electrons. The van der Waals surface area contributed by atoms with Gasteiger partial charge in [0.2, 0.25) is 0 Å². The molecule has 0 spiro atoms. The fraction of sp³-hybridized carbons (Fsp3) is 0.381. The second-order valence-electron chi connectivity index (χ2n) is 7.25. The number of hydrogen-bond donors (Lipinski definition) is 1. The predicted octanol–water partition coefficient (Wildman–Crippen LogP) is 2.33. The molecule has 1 atom stereocenters. The number of hydrogen-bond acceptors (Lipinski definition) is 5. The van der Waals surface area contributed by atoms with Gasteiger partial charge in [-0.3, -0.25) is 24.4 Å². The summed E-state index contributed by atoms with van der Waals surface area (Å²) in [5, 5.41) is 11.3. The van der Waals surface area contributed by atoms with E-state index < -0.39 is 11.5 Å². The highest BCUT2D eigenvalue weighted by Gasteiger charge is 2.51. The Balaban J connectivity index is 1.62. The minimum atomic E-state index is -1.85. The molecule has 1 aromatic carbocycles. The van der Waals surface area contributed by atoms with Gasteiger partial charge in [-0.25, -0.2) is 0 Å². The van der Waals surface area contributed by atoms with Crippen LogP contribution in [0.4, 0.5) is 5.69 Å². The van der Waals surface area contributed by atoms with Gasteiger partial charge in [0.1, 0.15) is 5.69 Å². The van der Waals surface area contributed by atoms with Crippen LogP contribution in [0.5, 0.6) is 0 Å². The molecule has 4 rings (SSSR count). The lowest BCUT2D eigenvalue weighted by Gasteiger charge is -2.31. The van der Waals surface area contributed by atoms with E-state index in [-0.39, 0.29) is 17.9 Å². The molecule has 2 aliphatic rings. The summed E-state index contributed by atoms with van der Waals surface area (Å²) < 4.78 is 0. The van der Waals surface area contributed by atoms with E-state index in [1.165, 1.54) is 12.6 Å². The summed E-state index contributed by atoms with van der Waals surface area (Å²) in [5.41, 5.74) is -0.410. The fourth-order valence-corrected chi connectivity index (χ4v) is 3.97. The van der Waals surface area contributed by atoms with Crippen LogP contribution < -0.4 is 4.90 Å². The van der Waals surface area contributed by atoms with Gasteiger partial charge in [-0.15, -0.1) is 0 Å². The topological polar surface area (TPSA) is 73.7 Å². The van der Waals surface area contributed by atoms with Crippen LogP contribution >= 0.6 is 0 Å². The SMILES string of the molecule is O=C(C[C@@]1(O)C(=O)N(CN2CCCCC2)c2ccccc21)c1ccccn1. The van der Waals surface area contributed by atoms with E-state index in [2.05, 4.69) is 9.88 Å². The van der Waals surface area contributed by atoms with Crippen LogP contribution in [0.15, 0.2) is 48.7 Å². The summed E-state index contributed by atoms with van der Waals surface area (Å²) in [6.45, 7) is 2.32. The van der Waals surface area contributed by atoms with Gasteiger partial charge in [-0.2, -0.15) is 0 Å². The second-order valence-corrected chi connectivity index (χ2v) is 7.25. The van der Waals surface area contributed by atoms with E-state index in [4.69, 9.17) is 0 Å². The van der Waals surface area contributed by atoms with Crippen LogP contribution in [0.25, 0.3) is 0 Å². The largest absolute Gasteiger partial charge is 0.375 e. The third-order valence-electron chi connectivity index (χ3n) is 5.40. The third-order valence-corrected chi connectivity index (χ3v) is 5.40. The Labute approximate surface area is 158 Å². The maximum absolute atomic E-state index is 13.2. The molecule has 2 aromatic rings. The van der Waals surface area contributed by atoms with E-state index >= 15 is 0 Å². The lowest BCUT2D eigenvalue weighted by Crippen LogP contribution is -2.47. The Morgan fingerprint density at radius 1 is 1.07 bits per heavy atom. The number of piperidine rings is 1. The molecule has 3 heterocycles. The van der Waals surface area contributed by atoms with Gasteiger partial charge >= 0.3 is 0 Å². The number of carbonyl (C=O) groups is 2. The van der Waals surface area contributed by atoms with E-state index in [1.54, 1.807) is 35.2 Å². The Morgan fingerprint density at radius 3 is 2.56 bits per heavy atom. The average molecular weight is 365 g/mol. The van der Waals surface area contributed by atoms with Crippen molar-refractivity contribution >= 4 is 17.4 Å². The van der Waals surface area contributed by atoms with Crippen molar-refractivity contribution < 1.29 is 14.7 Å². The van der Waals surface area contributed by atoms with Crippen molar-refractivity contribution in [3.05, 3.63) is 59.9 Å². The van der Waals surface area contributed by atoms with E-state index in [0.717, 1.165) is 25.9 Å². The molecule has 27 heavy (non-hydrogen) atoms. The number of aliphatic hydroxyl groups is 1. The standard InChI is InChI=1S/C21H23N3O3/c25-19(17-9-4-5-11-22-17)14-21(27)16-8-2-3-10-18(16)24(20(21)26)15-23-12-6-1-7-13-23/h2-5,8-11,27H,1,6-7,12-15H2/t21-/m0/s1. The van der Waals surface area contributed by atoms with Gasteiger partial charge in [-0.1, -0.05) is 30.7 Å². The first-order valence-corrected chi connectivity index (χ1v) is 9.40. The number of rotatable bonds is 5. The molecule has 0 radical (unpaired) electrons. The minimum absolute atomic E-state index is 0.255. The molecule has 2 aliphatic heterocycles. The van der Waals surface area contributed by atoms with Crippen LogP contribution in [-0.4, -0.2) is 46.4 Å². The van der Waals surface area contributed by atoms with Crippen molar-refractivity contribution in [3.63, 3.8) is 0 Å². The molecule has 0 unspecified atom stereocenters. The molecule has 1 aromatic heterocycles. The van der Waals surface area contributed by atoms with Crippen LogP contribution in [0, 0.1) is 0 Å². The molecule has 6 heteroatoms. The fourth-order valence-electron chi connectivity index (χ4n) is 3.97. The smallest absolute Gasteiger partial charge is 0.265 e. The molecule has 1 amide bonds. The van der Waals surface area contributed by atoms with Crippen molar-refractivity contribution in [3.8, 4) is 0 Å². The maximum Gasteiger partial charge on any atom is 0.265 e. The van der Waals surface area contributed by atoms with Crippen molar-refractivity contribution in [2.75, 3.05) is 24.7 Å². The second kappa shape index (κ2) is 7.21. The summed E-state index contributed by atoms with van der Waals surface area (Å²) in [7, 11) is 0. The van der Waals surface area contributed by atoms with Crippen molar-refractivity contribution in [2.24, 2.45) is 0 Å². The molecular formula is C21H23N3O3. The lowest BCUT2D eigenvalue weighted by atomic mass is 9.89. The zero-order valence-corrected chi connectivity index (χ0v) is 15.2. The number of benzene rings is 1. The molecule has 1 saturated heterocycles. The monoisotopic (exact) mass is 365 g/mol. The van der Waals surface area contributed by atoms with Gasteiger partial charge in [0.15, 0.2) is 11.4 Å². The first kappa shape index (κ1) is 17.8. The zero-order chi connectivity index (χ0) is 18.9. The molecule has 0 aliphatic carbocycles. The molecule has 6 nitrogen and oxygen atoms in total. The van der Waals surface area contributed by atoms with Crippen LogP contribution in [0.1, 0.15) is 41.7 Å². The lowest BCUT2D eigenvalue weighted by molar-refractivity contribution is -0.136. The molecule has 1 fully saturated rings. The van der Waals surface area contributed by atoms with Crippen molar-refractivity contribution in [1.29, 1.82) is 0 Å².